The smallest absolute Gasteiger partial charge is 0.171 e. The highest BCUT2D eigenvalue weighted by Gasteiger charge is 2.10. The second-order valence-corrected chi connectivity index (χ2v) is 6.28. The summed E-state index contributed by atoms with van der Waals surface area (Å²) in [4.78, 5) is 12.2. The van der Waals surface area contributed by atoms with Crippen molar-refractivity contribution in [1.82, 2.24) is 0 Å². The van der Waals surface area contributed by atoms with Gasteiger partial charge in [-0.1, -0.05) is 48.6 Å². The highest BCUT2D eigenvalue weighted by molar-refractivity contribution is 8.22. The Bertz CT molecular complexity index is 643. The standard InChI is InChI=1S/C16H14OS/c17-16(12-18-9-3-4-10-18)15-8-7-13-5-1-2-6-14(13)11-15/h1-11,18H,12H2. The second kappa shape index (κ2) is 4.83. The van der Waals surface area contributed by atoms with Crippen LogP contribution in [-0.2, 0) is 0 Å². The number of carbonyl (C=O) groups excluding carboxylic acids is 1. The molecule has 2 heteroatoms. The monoisotopic (exact) mass is 254 g/mol. The fourth-order valence-electron chi connectivity index (χ4n) is 2.10. The van der Waals surface area contributed by atoms with E-state index in [2.05, 4.69) is 16.9 Å². The largest absolute Gasteiger partial charge is 0.293 e. The molecular formula is C16H14OS. The quantitative estimate of drug-likeness (QED) is 0.645. The van der Waals surface area contributed by atoms with Gasteiger partial charge in [0.2, 0.25) is 0 Å². The Labute approximate surface area is 109 Å². The summed E-state index contributed by atoms with van der Waals surface area (Å²) in [5, 5.41) is 6.58. The number of ketones is 1. The number of hydrogen-bond acceptors (Lipinski definition) is 1. The highest BCUT2D eigenvalue weighted by Crippen LogP contribution is 2.33. The molecule has 0 bridgehead atoms. The van der Waals surface area contributed by atoms with Gasteiger partial charge in [-0.05, 0) is 27.7 Å². The minimum Gasteiger partial charge on any atom is -0.293 e. The Morgan fingerprint density at radius 1 is 0.944 bits per heavy atom. The van der Waals surface area contributed by atoms with Crippen molar-refractivity contribution >= 4 is 27.5 Å². The van der Waals surface area contributed by atoms with Crippen molar-refractivity contribution in [1.29, 1.82) is 0 Å². The minimum absolute atomic E-state index is 0.239. The lowest BCUT2D eigenvalue weighted by Gasteiger charge is -2.09. The fraction of sp³-hybridized carbons (Fsp3) is 0.0625. The van der Waals surface area contributed by atoms with Crippen LogP contribution in [0.15, 0.2) is 65.4 Å². The van der Waals surface area contributed by atoms with Crippen molar-refractivity contribution in [2.75, 3.05) is 5.75 Å². The Balaban J connectivity index is 1.87. The van der Waals surface area contributed by atoms with E-state index in [0.717, 1.165) is 10.9 Å². The first-order valence-electron chi connectivity index (χ1n) is 5.96. The van der Waals surface area contributed by atoms with E-state index in [-0.39, 0.29) is 16.7 Å². The van der Waals surface area contributed by atoms with Crippen LogP contribution in [0.3, 0.4) is 0 Å². The van der Waals surface area contributed by atoms with E-state index >= 15 is 0 Å². The third-order valence-corrected chi connectivity index (χ3v) is 4.83. The number of fused-ring (bicyclic) bond motifs is 1. The zero-order valence-corrected chi connectivity index (χ0v) is 10.8. The third kappa shape index (κ3) is 2.24. The van der Waals surface area contributed by atoms with Crippen LogP contribution in [0.1, 0.15) is 10.4 Å². The molecule has 2 aromatic rings. The van der Waals surface area contributed by atoms with Crippen molar-refractivity contribution in [3.8, 4) is 0 Å². The minimum atomic E-state index is -0.362. The maximum absolute atomic E-state index is 12.2. The summed E-state index contributed by atoms with van der Waals surface area (Å²) in [5.41, 5.74) is 0.824. The second-order valence-electron chi connectivity index (χ2n) is 4.34. The maximum Gasteiger partial charge on any atom is 0.171 e. The van der Waals surface area contributed by atoms with Gasteiger partial charge in [-0.15, -0.1) is 0 Å². The molecule has 1 nitrogen and oxygen atoms in total. The maximum atomic E-state index is 12.2. The number of Topliss-reactive ketones (excluding diaryl/α,β-unsaturated/α-hetero) is 1. The van der Waals surface area contributed by atoms with E-state index in [1.807, 2.05) is 48.6 Å². The van der Waals surface area contributed by atoms with Crippen molar-refractivity contribution in [2.24, 2.45) is 0 Å². The molecule has 0 unspecified atom stereocenters. The van der Waals surface area contributed by atoms with Crippen LogP contribution in [-0.4, -0.2) is 11.5 Å². The molecule has 0 radical (unpaired) electrons. The number of benzene rings is 2. The highest BCUT2D eigenvalue weighted by atomic mass is 32.2. The molecule has 2 aromatic carbocycles. The van der Waals surface area contributed by atoms with Crippen LogP contribution in [0, 0.1) is 0 Å². The summed E-state index contributed by atoms with van der Waals surface area (Å²) < 4.78 is 0. The number of carbonyl (C=O) groups is 1. The Hall–Kier alpha value is -1.80. The fourth-order valence-corrected chi connectivity index (χ4v) is 3.56. The molecule has 0 amide bonds. The molecule has 0 spiro atoms. The zero-order chi connectivity index (χ0) is 12.4. The van der Waals surface area contributed by atoms with Gasteiger partial charge in [0.05, 0.1) is 0 Å². The number of rotatable bonds is 3. The van der Waals surface area contributed by atoms with Crippen LogP contribution in [0.5, 0.6) is 0 Å². The van der Waals surface area contributed by atoms with E-state index in [1.165, 1.54) is 5.39 Å². The molecular weight excluding hydrogens is 240 g/mol. The van der Waals surface area contributed by atoms with Crippen molar-refractivity contribution in [3.63, 3.8) is 0 Å². The first-order chi connectivity index (χ1) is 8.83. The van der Waals surface area contributed by atoms with E-state index < -0.39 is 0 Å². The van der Waals surface area contributed by atoms with Crippen LogP contribution in [0.4, 0.5) is 0 Å². The van der Waals surface area contributed by atoms with Crippen molar-refractivity contribution in [2.45, 2.75) is 0 Å². The van der Waals surface area contributed by atoms with Crippen LogP contribution in [0.2, 0.25) is 0 Å². The number of hydrogen-bond donors (Lipinski definition) is 1. The van der Waals surface area contributed by atoms with Crippen molar-refractivity contribution in [3.05, 3.63) is 71.0 Å². The van der Waals surface area contributed by atoms with Gasteiger partial charge in [0.25, 0.3) is 0 Å². The molecule has 0 aromatic heterocycles. The van der Waals surface area contributed by atoms with Gasteiger partial charge in [0.15, 0.2) is 5.78 Å². The molecule has 0 N–H and O–H groups in total. The summed E-state index contributed by atoms with van der Waals surface area (Å²) in [7, 11) is -0.362. The Morgan fingerprint density at radius 3 is 2.44 bits per heavy atom. The molecule has 0 saturated heterocycles. The SMILES string of the molecule is O=C(C[SH]1C=CC=C1)c1ccc2ccccc2c1. The van der Waals surface area contributed by atoms with Gasteiger partial charge in [0, 0.05) is 11.3 Å². The molecule has 0 fully saturated rings. The molecule has 1 aliphatic heterocycles. The zero-order valence-electron chi connectivity index (χ0n) is 9.91. The Kier molecular flexibility index (Phi) is 3.03. The lowest BCUT2D eigenvalue weighted by molar-refractivity contribution is 0.102. The number of thiol groups is 1. The van der Waals surface area contributed by atoms with Crippen LogP contribution < -0.4 is 0 Å². The van der Waals surface area contributed by atoms with Crippen LogP contribution in [0.25, 0.3) is 10.8 Å². The van der Waals surface area contributed by atoms with Gasteiger partial charge < -0.3 is 0 Å². The average molecular weight is 254 g/mol. The summed E-state index contributed by atoms with van der Waals surface area (Å²) in [6, 6.07) is 14.1. The summed E-state index contributed by atoms with van der Waals surface area (Å²) in [6.45, 7) is 0. The molecule has 1 heterocycles. The molecule has 0 saturated carbocycles. The number of allylic oxidation sites excluding steroid dienone is 2. The molecule has 90 valence electrons. The third-order valence-electron chi connectivity index (χ3n) is 3.06. The molecule has 0 atom stereocenters. The van der Waals surface area contributed by atoms with E-state index in [0.29, 0.717) is 5.75 Å². The van der Waals surface area contributed by atoms with Crippen molar-refractivity contribution < 1.29 is 4.79 Å². The summed E-state index contributed by atoms with van der Waals surface area (Å²) in [6.07, 6.45) is 4.05. The molecule has 3 rings (SSSR count). The van der Waals surface area contributed by atoms with Gasteiger partial charge in [-0.3, -0.25) is 4.79 Å². The first kappa shape index (κ1) is 11.3. The molecule has 1 aliphatic rings. The Morgan fingerprint density at radius 2 is 1.67 bits per heavy atom. The first-order valence-corrected chi connectivity index (χ1v) is 7.62. The van der Waals surface area contributed by atoms with Gasteiger partial charge in [-0.25, -0.2) is 10.9 Å². The van der Waals surface area contributed by atoms with E-state index in [1.54, 1.807) is 0 Å². The molecule has 18 heavy (non-hydrogen) atoms. The van der Waals surface area contributed by atoms with Gasteiger partial charge in [0.1, 0.15) is 0 Å². The lowest BCUT2D eigenvalue weighted by atomic mass is 10.1. The molecule has 0 aliphatic carbocycles. The lowest BCUT2D eigenvalue weighted by Crippen LogP contribution is -2.03. The predicted octanol–water partition coefficient (Wildman–Crippen LogP) is 4.06. The summed E-state index contributed by atoms with van der Waals surface area (Å²) in [5.74, 6) is 0.865. The average Bonchev–Trinajstić information content (AvgIpc) is 2.91. The van der Waals surface area contributed by atoms with E-state index in [4.69, 9.17) is 0 Å². The topological polar surface area (TPSA) is 17.1 Å². The van der Waals surface area contributed by atoms with Crippen LogP contribution >= 0.6 is 10.9 Å². The van der Waals surface area contributed by atoms with Gasteiger partial charge in [-0.2, -0.15) is 0 Å². The predicted molar refractivity (Wildman–Crippen MR) is 80.4 cm³/mol. The van der Waals surface area contributed by atoms with Gasteiger partial charge >= 0.3 is 0 Å². The van der Waals surface area contributed by atoms with E-state index in [9.17, 15) is 4.79 Å². The normalized spacial score (nSPS) is 15.4. The summed E-state index contributed by atoms with van der Waals surface area (Å²) >= 11 is 0.